The Morgan fingerprint density at radius 2 is 2.05 bits per heavy atom. The van der Waals surface area contributed by atoms with Crippen molar-refractivity contribution in [3.8, 4) is 0 Å². The zero-order chi connectivity index (χ0) is 14.8. The second kappa shape index (κ2) is 5.63. The zero-order valence-electron chi connectivity index (χ0n) is 11.5. The van der Waals surface area contributed by atoms with Crippen molar-refractivity contribution in [3.05, 3.63) is 35.9 Å². The number of benzene rings is 1. The van der Waals surface area contributed by atoms with Gasteiger partial charge in [0, 0.05) is 6.04 Å². The van der Waals surface area contributed by atoms with Crippen molar-refractivity contribution in [2.45, 2.75) is 38.3 Å². The summed E-state index contributed by atoms with van der Waals surface area (Å²) in [6.45, 7) is 1.81. The lowest BCUT2D eigenvalue weighted by atomic mass is 9.83. The summed E-state index contributed by atoms with van der Waals surface area (Å²) in [5, 5.41) is 11.9. The maximum absolute atomic E-state index is 12.4. The zero-order valence-corrected chi connectivity index (χ0v) is 11.5. The van der Waals surface area contributed by atoms with Crippen molar-refractivity contribution >= 4 is 11.9 Å². The van der Waals surface area contributed by atoms with Gasteiger partial charge in [0.15, 0.2) is 6.04 Å². The standard InChI is InChI=1S/C15H20N2O3/c1-15(9-5-8-11(15)16)14(20)17-12(13(18)19)10-6-3-2-4-7-10/h2-4,6-7,11-12H,5,8-9,16H2,1H3,(H,17,20)(H,18,19)/t11?,12-,15?/m1/s1. The molecule has 1 aliphatic rings. The summed E-state index contributed by atoms with van der Waals surface area (Å²) in [6.07, 6.45) is 2.39. The van der Waals surface area contributed by atoms with Gasteiger partial charge < -0.3 is 16.2 Å². The third kappa shape index (κ3) is 2.67. The highest BCUT2D eigenvalue weighted by Gasteiger charge is 2.44. The summed E-state index contributed by atoms with van der Waals surface area (Å²) >= 11 is 0. The predicted octanol–water partition coefficient (Wildman–Crippen LogP) is 1.45. The molecular weight excluding hydrogens is 256 g/mol. The molecule has 2 unspecified atom stereocenters. The summed E-state index contributed by atoms with van der Waals surface area (Å²) < 4.78 is 0. The highest BCUT2D eigenvalue weighted by molar-refractivity contribution is 5.88. The molecule has 0 radical (unpaired) electrons. The van der Waals surface area contributed by atoms with Crippen LogP contribution in [-0.2, 0) is 9.59 Å². The van der Waals surface area contributed by atoms with Gasteiger partial charge in [-0.3, -0.25) is 4.79 Å². The number of amides is 1. The molecule has 2 rings (SSSR count). The first-order chi connectivity index (χ1) is 9.45. The summed E-state index contributed by atoms with van der Waals surface area (Å²) in [6, 6.07) is 7.44. The molecule has 1 aromatic rings. The lowest BCUT2D eigenvalue weighted by Crippen LogP contribution is -2.49. The van der Waals surface area contributed by atoms with Crippen LogP contribution < -0.4 is 11.1 Å². The minimum absolute atomic E-state index is 0.215. The highest BCUT2D eigenvalue weighted by Crippen LogP contribution is 2.37. The van der Waals surface area contributed by atoms with Gasteiger partial charge in [-0.15, -0.1) is 0 Å². The third-order valence-corrected chi connectivity index (χ3v) is 4.20. The number of carbonyl (C=O) groups excluding carboxylic acids is 1. The summed E-state index contributed by atoms with van der Waals surface area (Å²) in [5.74, 6) is -1.35. The topological polar surface area (TPSA) is 92.4 Å². The Morgan fingerprint density at radius 1 is 1.40 bits per heavy atom. The van der Waals surface area contributed by atoms with Gasteiger partial charge >= 0.3 is 5.97 Å². The van der Waals surface area contributed by atoms with E-state index in [0.29, 0.717) is 12.0 Å². The van der Waals surface area contributed by atoms with Crippen LogP contribution in [0.3, 0.4) is 0 Å². The van der Waals surface area contributed by atoms with Gasteiger partial charge in [0.25, 0.3) is 0 Å². The molecule has 3 atom stereocenters. The number of hydrogen-bond donors (Lipinski definition) is 3. The van der Waals surface area contributed by atoms with Crippen LogP contribution in [0.5, 0.6) is 0 Å². The van der Waals surface area contributed by atoms with E-state index in [1.165, 1.54) is 0 Å². The average Bonchev–Trinajstić information content (AvgIpc) is 2.77. The monoisotopic (exact) mass is 276 g/mol. The van der Waals surface area contributed by atoms with Crippen LogP contribution in [-0.4, -0.2) is 23.0 Å². The minimum Gasteiger partial charge on any atom is -0.479 e. The van der Waals surface area contributed by atoms with Crippen LogP contribution in [0.25, 0.3) is 0 Å². The average molecular weight is 276 g/mol. The van der Waals surface area contributed by atoms with Crippen LogP contribution in [0.2, 0.25) is 0 Å². The van der Waals surface area contributed by atoms with Crippen LogP contribution in [0, 0.1) is 5.41 Å². The van der Waals surface area contributed by atoms with Crippen LogP contribution in [0.15, 0.2) is 30.3 Å². The molecule has 1 amide bonds. The smallest absolute Gasteiger partial charge is 0.330 e. The summed E-state index contributed by atoms with van der Waals surface area (Å²) in [7, 11) is 0. The number of rotatable bonds is 4. The molecule has 20 heavy (non-hydrogen) atoms. The van der Waals surface area contributed by atoms with E-state index >= 15 is 0 Å². The van der Waals surface area contributed by atoms with Crippen molar-refractivity contribution < 1.29 is 14.7 Å². The Hall–Kier alpha value is -1.88. The van der Waals surface area contributed by atoms with Gasteiger partial charge in [-0.25, -0.2) is 4.79 Å². The third-order valence-electron chi connectivity index (χ3n) is 4.20. The van der Waals surface area contributed by atoms with Gasteiger partial charge in [0.2, 0.25) is 5.91 Å². The molecule has 108 valence electrons. The number of hydrogen-bond acceptors (Lipinski definition) is 3. The summed E-state index contributed by atoms with van der Waals surface area (Å²) in [5.41, 5.74) is 5.88. The molecule has 1 saturated carbocycles. The van der Waals surface area contributed by atoms with Crippen molar-refractivity contribution in [2.75, 3.05) is 0 Å². The molecule has 0 spiro atoms. The molecule has 1 aliphatic carbocycles. The highest BCUT2D eigenvalue weighted by atomic mass is 16.4. The fraction of sp³-hybridized carbons (Fsp3) is 0.467. The quantitative estimate of drug-likeness (QED) is 0.776. The lowest BCUT2D eigenvalue weighted by molar-refractivity contribution is -0.144. The molecule has 0 heterocycles. The maximum Gasteiger partial charge on any atom is 0.330 e. The number of aliphatic carboxylic acids is 1. The summed E-state index contributed by atoms with van der Waals surface area (Å²) in [4.78, 5) is 23.8. The molecule has 4 N–H and O–H groups in total. The number of carboxylic acids is 1. The van der Waals surface area contributed by atoms with Gasteiger partial charge in [-0.2, -0.15) is 0 Å². The first-order valence-corrected chi connectivity index (χ1v) is 6.79. The van der Waals surface area contributed by atoms with Gasteiger partial charge in [0.05, 0.1) is 5.41 Å². The molecule has 5 nitrogen and oxygen atoms in total. The van der Waals surface area contributed by atoms with Crippen molar-refractivity contribution in [1.29, 1.82) is 0 Å². The van der Waals surface area contributed by atoms with E-state index in [1.54, 1.807) is 30.3 Å². The van der Waals surface area contributed by atoms with Gasteiger partial charge in [-0.05, 0) is 25.3 Å². The molecule has 0 aliphatic heterocycles. The molecule has 0 saturated heterocycles. The van der Waals surface area contributed by atoms with Crippen LogP contribution in [0.1, 0.15) is 37.8 Å². The van der Waals surface area contributed by atoms with Crippen molar-refractivity contribution in [1.82, 2.24) is 5.32 Å². The fourth-order valence-corrected chi connectivity index (χ4v) is 2.70. The number of nitrogens with one attached hydrogen (secondary N) is 1. The molecule has 1 aromatic carbocycles. The Morgan fingerprint density at radius 3 is 2.55 bits per heavy atom. The molecule has 1 fully saturated rings. The fourth-order valence-electron chi connectivity index (χ4n) is 2.70. The second-order valence-electron chi connectivity index (χ2n) is 5.57. The van der Waals surface area contributed by atoms with Crippen molar-refractivity contribution in [2.24, 2.45) is 11.1 Å². The van der Waals surface area contributed by atoms with E-state index in [4.69, 9.17) is 5.73 Å². The Labute approximate surface area is 118 Å². The first kappa shape index (κ1) is 14.5. The van der Waals surface area contributed by atoms with Crippen LogP contribution in [0.4, 0.5) is 0 Å². The first-order valence-electron chi connectivity index (χ1n) is 6.79. The number of nitrogens with two attached hydrogens (primary N) is 1. The second-order valence-corrected chi connectivity index (χ2v) is 5.57. The molecule has 0 aromatic heterocycles. The molecule has 0 bridgehead atoms. The van der Waals surface area contributed by atoms with E-state index in [1.807, 2.05) is 6.92 Å². The normalized spacial score (nSPS) is 27.0. The van der Waals surface area contributed by atoms with E-state index in [-0.39, 0.29) is 11.9 Å². The largest absolute Gasteiger partial charge is 0.479 e. The molecule has 5 heteroatoms. The predicted molar refractivity (Wildman–Crippen MR) is 74.9 cm³/mol. The maximum atomic E-state index is 12.4. The van der Waals surface area contributed by atoms with E-state index in [9.17, 15) is 14.7 Å². The Balaban J connectivity index is 2.17. The molecular formula is C15H20N2O3. The lowest BCUT2D eigenvalue weighted by Gasteiger charge is -2.29. The van der Waals surface area contributed by atoms with Crippen LogP contribution >= 0.6 is 0 Å². The Bertz CT molecular complexity index is 503. The van der Waals surface area contributed by atoms with Gasteiger partial charge in [0.1, 0.15) is 0 Å². The van der Waals surface area contributed by atoms with Crippen molar-refractivity contribution in [3.63, 3.8) is 0 Å². The number of carboxylic acid groups (broad SMARTS) is 1. The minimum atomic E-state index is -1.07. The Kier molecular flexibility index (Phi) is 4.09. The van der Waals surface area contributed by atoms with E-state index < -0.39 is 17.4 Å². The SMILES string of the molecule is CC1(C(=O)N[C@@H](C(=O)O)c2ccccc2)CCCC1N. The van der Waals surface area contributed by atoms with E-state index in [0.717, 1.165) is 12.8 Å². The number of carbonyl (C=O) groups is 2. The van der Waals surface area contributed by atoms with Gasteiger partial charge in [-0.1, -0.05) is 36.8 Å². The van der Waals surface area contributed by atoms with E-state index in [2.05, 4.69) is 5.32 Å².